The predicted molar refractivity (Wildman–Crippen MR) is 96.9 cm³/mol. The van der Waals surface area contributed by atoms with Crippen LogP contribution in [-0.4, -0.2) is 9.97 Å². The summed E-state index contributed by atoms with van der Waals surface area (Å²) in [5.41, 5.74) is 3.12. The molecule has 0 saturated carbocycles. The Morgan fingerprint density at radius 2 is 1.91 bits per heavy atom. The van der Waals surface area contributed by atoms with Crippen LogP contribution in [0.2, 0.25) is 0 Å². The topological polar surface area (TPSA) is 38.9 Å². The zero-order valence-corrected chi connectivity index (χ0v) is 14.5. The second kappa shape index (κ2) is 6.70. The molecule has 0 radical (unpaired) electrons. The molecule has 0 spiro atoms. The first-order chi connectivity index (χ1) is 11.4. The average molecular weight is 356 g/mol. The molecule has 4 aromatic rings. The highest BCUT2D eigenvalue weighted by Gasteiger charge is 2.10. The molecule has 0 aliphatic rings. The number of aromatic nitrogens is 2. The highest BCUT2D eigenvalue weighted by molar-refractivity contribution is 8.00. The van der Waals surface area contributed by atoms with Crippen molar-refractivity contribution >= 4 is 34.4 Å². The van der Waals surface area contributed by atoms with Crippen LogP contribution < -0.4 is 0 Å². The number of rotatable bonds is 5. The van der Waals surface area contributed by atoms with Crippen LogP contribution in [0, 0.1) is 0 Å². The van der Waals surface area contributed by atoms with Gasteiger partial charge in [-0.25, -0.2) is 9.97 Å². The Kier molecular flexibility index (Phi) is 4.28. The van der Waals surface area contributed by atoms with E-state index in [2.05, 4.69) is 27.5 Å². The number of thioether (sulfide) groups is 1. The van der Waals surface area contributed by atoms with Crippen LogP contribution in [-0.2, 0) is 5.75 Å². The smallest absolute Gasteiger partial charge is 0.236 e. The van der Waals surface area contributed by atoms with Gasteiger partial charge in [-0.05, 0) is 11.4 Å². The van der Waals surface area contributed by atoms with Gasteiger partial charge in [0.25, 0.3) is 0 Å². The summed E-state index contributed by atoms with van der Waals surface area (Å²) in [6, 6.07) is 14.2. The maximum absolute atomic E-state index is 5.54. The van der Waals surface area contributed by atoms with Crippen LogP contribution in [0.1, 0.15) is 5.69 Å². The van der Waals surface area contributed by atoms with Crippen molar-refractivity contribution < 1.29 is 4.42 Å². The molecule has 3 heterocycles. The van der Waals surface area contributed by atoms with Crippen LogP contribution in [0.3, 0.4) is 0 Å². The first-order valence-electron chi connectivity index (χ1n) is 7.00. The Morgan fingerprint density at radius 3 is 2.74 bits per heavy atom. The summed E-state index contributed by atoms with van der Waals surface area (Å²) in [5.74, 6) is 1.45. The van der Waals surface area contributed by atoms with Crippen molar-refractivity contribution in [3.05, 3.63) is 65.2 Å². The van der Waals surface area contributed by atoms with Gasteiger partial charge in [-0.2, -0.15) is 0 Å². The lowest BCUT2D eigenvalue weighted by Crippen LogP contribution is -1.81. The third kappa shape index (κ3) is 3.39. The number of hydrogen-bond acceptors (Lipinski definition) is 6. The van der Waals surface area contributed by atoms with E-state index in [9.17, 15) is 0 Å². The molecule has 0 fully saturated rings. The molecular weight excluding hydrogens is 344 g/mol. The van der Waals surface area contributed by atoms with Crippen molar-refractivity contribution in [1.82, 2.24) is 9.97 Å². The first-order valence-corrected chi connectivity index (χ1v) is 9.75. The lowest BCUT2D eigenvalue weighted by molar-refractivity contribution is 0.575. The second-order valence-electron chi connectivity index (χ2n) is 4.77. The van der Waals surface area contributed by atoms with Crippen LogP contribution in [0.4, 0.5) is 0 Å². The van der Waals surface area contributed by atoms with Gasteiger partial charge in [0.15, 0.2) is 4.34 Å². The fourth-order valence-electron chi connectivity index (χ4n) is 2.09. The second-order valence-corrected chi connectivity index (χ2v) is 7.80. The van der Waals surface area contributed by atoms with Crippen molar-refractivity contribution in [3.8, 4) is 22.0 Å². The molecule has 0 N–H and O–H groups in total. The highest BCUT2D eigenvalue weighted by atomic mass is 32.2. The normalized spacial score (nSPS) is 11.0. The molecule has 1 aromatic carbocycles. The number of oxazole rings is 1. The number of hydrogen-bond donors (Lipinski definition) is 0. The summed E-state index contributed by atoms with van der Waals surface area (Å²) in [6.45, 7) is 0. The molecule has 0 aliphatic heterocycles. The molecule has 0 amide bonds. The summed E-state index contributed by atoms with van der Waals surface area (Å²) in [4.78, 5) is 10.3. The molecule has 0 bridgehead atoms. The van der Waals surface area contributed by atoms with Crippen molar-refractivity contribution in [1.29, 1.82) is 0 Å². The molecular formula is C17H12N2OS3. The van der Waals surface area contributed by atoms with Gasteiger partial charge in [-0.3, -0.25) is 0 Å². The summed E-state index contributed by atoms with van der Waals surface area (Å²) in [7, 11) is 0. The Labute approximate surface area is 146 Å². The van der Waals surface area contributed by atoms with E-state index in [1.54, 1.807) is 40.7 Å². The maximum Gasteiger partial charge on any atom is 0.236 e. The van der Waals surface area contributed by atoms with E-state index >= 15 is 0 Å². The van der Waals surface area contributed by atoms with Crippen LogP contribution in [0.5, 0.6) is 0 Å². The van der Waals surface area contributed by atoms with Gasteiger partial charge in [-0.1, -0.05) is 48.2 Å². The maximum atomic E-state index is 5.54. The van der Waals surface area contributed by atoms with Gasteiger partial charge in [0, 0.05) is 16.7 Å². The molecule has 0 unspecified atom stereocenters. The molecule has 3 aromatic heterocycles. The molecule has 0 aliphatic carbocycles. The summed E-state index contributed by atoms with van der Waals surface area (Å²) in [5, 5.41) is 4.12. The Bertz CT molecular complexity index is 882. The fraction of sp³-hybridized carbons (Fsp3) is 0.0588. The molecule has 23 heavy (non-hydrogen) atoms. The summed E-state index contributed by atoms with van der Waals surface area (Å²) in [6.07, 6.45) is 1.73. The van der Waals surface area contributed by atoms with E-state index in [1.807, 2.05) is 35.7 Å². The van der Waals surface area contributed by atoms with E-state index in [0.29, 0.717) is 5.89 Å². The van der Waals surface area contributed by atoms with Gasteiger partial charge in [0.05, 0.1) is 16.3 Å². The van der Waals surface area contributed by atoms with E-state index in [4.69, 9.17) is 4.42 Å². The van der Waals surface area contributed by atoms with Crippen LogP contribution >= 0.6 is 34.4 Å². The molecule has 3 nitrogen and oxygen atoms in total. The average Bonchev–Trinajstić information content (AvgIpc) is 3.33. The van der Waals surface area contributed by atoms with Gasteiger partial charge in [0.2, 0.25) is 5.89 Å². The molecule has 4 rings (SSSR count). The fourth-order valence-corrected chi connectivity index (χ4v) is 4.46. The predicted octanol–water partition coefficient (Wildman–Crippen LogP) is 5.82. The van der Waals surface area contributed by atoms with Crippen molar-refractivity contribution in [2.75, 3.05) is 0 Å². The van der Waals surface area contributed by atoms with Crippen molar-refractivity contribution in [2.45, 2.75) is 10.1 Å². The lowest BCUT2D eigenvalue weighted by atomic mass is 10.2. The van der Waals surface area contributed by atoms with E-state index in [1.165, 1.54) is 0 Å². The minimum absolute atomic E-state index is 0.694. The van der Waals surface area contributed by atoms with Crippen molar-refractivity contribution in [2.24, 2.45) is 0 Å². The molecule has 0 saturated heterocycles. The number of thiophene rings is 1. The van der Waals surface area contributed by atoms with Gasteiger partial charge < -0.3 is 4.42 Å². The van der Waals surface area contributed by atoms with Gasteiger partial charge in [-0.15, -0.1) is 22.7 Å². The van der Waals surface area contributed by atoms with E-state index in [-0.39, 0.29) is 0 Å². The van der Waals surface area contributed by atoms with Crippen molar-refractivity contribution in [3.63, 3.8) is 0 Å². The SMILES string of the molecule is c1ccc(-c2csc(SCc3coc(-c4cccs4)n3)n2)cc1. The monoisotopic (exact) mass is 356 g/mol. The zero-order valence-electron chi connectivity index (χ0n) is 12.0. The third-order valence-corrected chi connectivity index (χ3v) is 6.09. The quantitative estimate of drug-likeness (QED) is 0.422. The van der Waals surface area contributed by atoms with Gasteiger partial charge >= 0.3 is 0 Å². The third-order valence-electron chi connectivity index (χ3n) is 3.18. The largest absolute Gasteiger partial charge is 0.444 e. The van der Waals surface area contributed by atoms with E-state index in [0.717, 1.165) is 31.9 Å². The Morgan fingerprint density at radius 1 is 1.00 bits per heavy atom. The number of benzene rings is 1. The minimum Gasteiger partial charge on any atom is -0.444 e. The van der Waals surface area contributed by atoms with Crippen LogP contribution in [0.25, 0.3) is 22.0 Å². The Balaban J connectivity index is 1.43. The summed E-state index contributed by atoms with van der Waals surface area (Å²) >= 11 is 4.98. The molecule has 0 atom stereocenters. The summed E-state index contributed by atoms with van der Waals surface area (Å²) < 4.78 is 6.59. The first kappa shape index (κ1) is 14.7. The van der Waals surface area contributed by atoms with E-state index < -0.39 is 0 Å². The Hall–Kier alpha value is -1.89. The lowest BCUT2D eigenvalue weighted by Gasteiger charge is -1.95. The zero-order chi connectivity index (χ0) is 15.5. The standard InChI is InChI=1S/C17H12N2OS3/c1-2-5-12(6-3-1)14-11-23-17(19-14)22-10-13-9-20-16(18-13)15-7-4-8-21-15/h1-9,11H,10H2. The minimum atomic E-state index is 0.694. The van der Waals surface area contributed by atoms with Gasteiger partial charge in [0.1, 0.15) is 6.26 Å². The molecule has 6 heteroatoms. The number of nitrogens with zero attached hydrogens (tertiary/aromatic N) is 2. The number of thiazole rings is 1. The van der Waals surface area contributed by atoms with Crippen LogP contribution in [0.15, 0.2) is 68.2 Å². The molecule has 114 valence electrons. The highest BCUT2D eigenvalue weighted by Crippen LogP contribution is 2.31.